The van der Waals surface area contributed by atoms with Gasteiger partial charge in [0.25, 0.3) is 0 Å². The molecule has 2 aliphatic carbocycles. The number of aliphatic hydroxyl groups is 1. The number of Topliss-reactive ketones (excluding diaryl/α,β-unsaturated/α-hetero) is 3. The van der Waals surface area contributed by atoms with Crippen LogP contribution in [0.25, 0.3) is 0 Å². The van der Waals surface area contributed by atoms with E-state index < -0.39 is 5.41 Å². The largest absolute Gasteiger partial charge is 0.392 e. The molecule has 0 saturated heterocycles. The van der Waals surface area contributed by atoms with Gasteiger partial charge in [0.05, 0.1) is 6.61 Å². The van der Waals surface area contributed by atoms with Gasteiger partial charge in [0.1, 0.15) is 17.3 Å². The van der Waals surface area contributed by atoms with Gasteiger partial charge in [-0.3, -0.25) is 14.4 Å². The van der Waals surface area contributed by atoms with E-state index in [2.05, 4.69) is 53.0 Å². The Bertz CT molecular complexity index is 1080. The fourth-order valence-corrected chi connectivity index (χ4v) is 7.81. The van der Waals surface area contributed by atoms with E-state index in [0.29, 0.717) is 43.7 Å². The van der Waals surface area contributed by atoms with E-state index in [0.717, 1.165) is 83.5 Å². The lowest BCUT2D eigenvalue weighted by atomic mass is 9.61. The summed E-state index contributed by atoms with van der Waals surface area (Å²) in [6.45, 7) is 17.2. The second kappa shape index (κ2) is 22.3. The third-order valence-corrected chi connectivity index (χ3v) is 10.4. The number of hydrogen-bond acceptors (Lipinski definition) is 4. The van der Waals surface area contributed by atoms with Crippen molar-refractivity contribution in [1.29, 1.82) is 0 Å². The number of hydrogen-bond donors (Lipinski definition) is 1. The lowest BCUT2D eigenvalue weighted by Crippen LogP contribution is -2.40. The van der Waals surface area contributed by atoms with Crippen LogP contribution >= 0.6 is 0 Å². The van der Waals surface area contributed by atoms with Gasteiger partial charge in [-0.2, -0.15) is 0 Å². The molecule has 0 aromatic rings. The van der Waals surface area contributed by atoms with Crippen LogP contribution in [0.4, 0.5) is 0 Å². The molecule has 0 aliphatic heterocycles. The second-order valence-electron chi connectivity index (χ2n) is 15.3. The number of ketones is 3. The van der Waals surface area contributed by atoms with Gasteiger partial charge in [-0.1, -0.05) is 110 Å². The predicted octanol–water partition coefficient (Wildman–Crippen LogP) is 11.7. The quantitative estimate of drug-likeness (QED) is 0.0761. The first-order valence-corrected chi connectivity index (χ1v) is 18.5. The minimum absolute atomic E-state index is 0. The zero-order valence-corrected chi connectivity index (χ0v) is 29.9. The van der Waals surface area contributed by atoms with Gasteiger partial charge in [-0.25, -0.2) is 0 Å². The molecule has 2 unspecified atom stereocenters. The number of unbranched alkanes of at least 4 members (excludes halogenated alkanes) is 3. The van der Waals surface area contributed by atoms with Crippen LogP contribution in [0.15, 0.2) is 60.8 Å². The van der Waals surface area contributed by atoms with Crippen molar-refractivity contribution in [2.24, 2.45) is 28.6 Å². The van der Waals surface area contributed by atoms with Crippen LogP contribution in [0.1, 0.15) is 159 Å². The second-order valence-corrected chi connectivity index (χ2v) is 15.3. The molecule has 0 amide bonds. The first-order chi connectivity index (χ1) is 22.0. The molecule has 2 rings (SSSR count). The molecule has 2 aliphatic rings. The Balaban J connectivity index is 0.0000110. The van der Waals surface area contributed by atoms with Crippen molar-refractivity contribution in [3.8, 4) is 0 Å². The first kappa shape index (κ1) is 42.7. The molecule has 0 aromatic carbocycles. The SMILES string of the molecule is C.C=C/C=C(\C=C/CCC(=O)CCC1(C(=O)CCCCC/C=C\CO)CCC(C(=O)C2CCCCC2C(=C)CC(C)(C)C)CC1)CC.[HH]. The van der Waals surface area contributed by atoms with Crippen molar-refractivity contribution in [3.63, 3.8) is 0 Å². The number of carbonyl (C=O) groups excluding carboxylic acids is 3. The van der Waals surface area contributed by atoms with Gasteiger partial charge in [0, 0.05) is 37.9 Å². The maximum atomic E-state index is 14.0. The third kappa shape index (κ3) is 15.2. The summed E-state index contributed by atoms with van der Waals surface area (Å²) < 4.78 is 0. The molecule has 0 bridgehead atoms. The van der Waals surface area contributed by atoms with Crippen LogP contribution < -0.4 is 0 Å². The summed E-state index contributed by atoms with van der Waals surface area (Å²) in [5, 5.41) is 8.93. The number of carbonyl (C=O) groups is 3. The van der Waals surface area contributed by atoms with Crippen LogP contribution in [0, 0.1) is 28.6 Å². The Hall–Kier alpha value is -2.33. The van der Waals surface area contributed by atoms with Crippen LogP contribution in [-0.2, 0) is 14.4 Å². The van der Waals surface area contributed by atoms with Gasteiger partial charge >= 0.3 is 0 Å². The molecule has 47 heavy (non-hydrogen) atoms. The van der Waals surface area contributed by atoms with Crippen molar-refractivity contribution in [2.75, 3.05) is 6.61 Å². The summed E-state index contributed by atoms with van der Waals surface area (Å²) in [4.78, 5) is 40.9. The maximum Gasteiger partial charge on any atom is 0.139 e. The lowest BCUT2D eigenvalue weighted by molar-refractivity contribution is -0.137. The van der Waals surface area contributed by atoms with E-state index >= 15 is 0 Å². The smallest absolute Gasteiger partial charge is 0.139 e. The van der Waals surface area contributed by atoms with Crippen molar-refractivity contribution in [1.82, 2.24) is 0 Å². The van der Waals surface area contributed by atoms with Gasteiger partial charge < -0.3 is 5.11 Å². The van der Waals surface area contributed by atoms with Crippen molar-refractivity contribution >= 4 is 17.3 Å². The molecule has 2 fully saturated rings. The first-order valence-electron chi connectivity index (χ1n) is 18.5. The fraction of sp³-hybridized carbons (Fsp3) is 0.698. The molecule has 268 valence electrons. The highest BCUT2D eigenvalue weighted by atomic mass is 16.2. The molecule has 0 spiro atoms. The molecular weight excluding hydrogens is 580 g/mol. The molecule has 2 atom stereocenters. The molecule has 0 aromatic heterocycles. The summed E-state index contributed by atoms with van der Waals surface area (Å²) in [5.74, 6) is 1.31. The van der Waals surface area contributed by atoms with E-state index in [9.17, 15) is 14.4 Å². The predicted molar refractivity (Wildman–Crippen MR) is 202 cm³/mol. The van der Waals surface area contributed by atoms with E-state index in [1.807, 2.05) is 12.2 Å². The summed E-state index contributed by atoms with van der Waals surface area (Å²) in [5.41, 5.74) is 2.12. The van der Waals surface area contributed by atoms with Crippen LogP contribution in [-0.4, -0.2) is 29.1 Å². The highest BCUT2D eigenvalue weighted by molar-refractivity contribution is 5.88. The average molecular weight is 653 g/mol. The monoisotopic (exact) mass is 653 g/mol. The normalized spacial score (nSPS) is 23.9. The summed E-state index contributed by atoms with van der Waals surface area (Å²) >= 11 is 0. The van der Waals surface area contributed by atoms with Gasteiger partial charge in [0.2, 0.25) is 0 Å². The topological polar surface area (TPSA) is 71.4 Å². The number of rotatable bonds is 21. The van der Waals surface area contributed by atoms with E-state index in [1.165, 1.54) is 17.6 Å². The van der Waals surface area contributed by atoms with Crippen LogP contribution in [0.3, 0.4) is 0 Å². The Morgan fingerprint density at radius 3 is 2.19 bits per heavy atom. The zero-order chi connectivity index (χ0) is 34.0. The van der Waals surface area contributed by atoms with Gasteiger partial charge in [-0.05, 0) is 100 Å². The van der Waals surface area contributed by atoms with Crippen molar-refractivity contribution in [3.05, 3.63) is 60.8 Å². The van der Waals surface area contributed by atoms with E-state index in [1.54, 1.807) is 12.2 Å². The summed E-state index contributed by atoms with van der Waals surface area (Å²) in [6.07, 6.45) is 27.4. The Labute approximate surface area is 290 Å². The van der Waals surface area contributed by atoms with Crippen LogP contribution in [0.5, 0.6) is 0 Å². The molecule has 1 N–H and O–H groups in total. The molecule has 4 nitrogen and oxygen atoms in total. The molecular formula is C43H72O4. The Kier molecular flexibility index (Phi) is 20.3. The van der Waals surface area contributed by atoms with E-state index in [4.69, 9.17) is 5.11 Å². The maximum absolute atomic E-state index is 14.0. The summed E-state index contributed by atoms with van der Waals surface area (Å²) in [7, 11) is 0. The zero-order valence-electron chi connectivity index (χ0n) is 29.9. The van der Waals surface area contributed by atoms with Crippen molar-refractivity contribution in [2.45, 2.75) is 157 Å². The highest BCUT2D eigenvalue weighted by Crippen LogP contribution is 2.47. The average Bonchev–Trinajstić information content (AvgIpc) is 3.03. The molecule has 2 saturated carbocycles. The summed E-state index contributed by atoms with van der Waals surface area (Å²) in [6, 6.07) is 0. The minimum atomic E-state index is -0.483. The van der Waals surface area contributed by atoms with Gasteiger partial charge in [0.15, 0.2) is 0 Å². The fourth-order valence-electron chi connectivity index (χ4n) is 7.81. The lowest BCUT2D eigenvalue weighted by Gasteiger charge is -2.41. The van der Waals surface area contributed by atoms with E-state index in [-0.39, 0.29) is 44.4 Å². The molecule has 0 heterocycles. The van der Waals surface area contributed by atoms with Gasteiger partial charge in [-0.15, -0.1) is 0 Å². The number of aliphatic hydroxyl groups excluding tert-OH is 1. The molecule has 0 radical (unpaired) electrons. The highest BCUT2D eigenvalue weighted by Gasteiger charge is 2.44. The Morgan fingerprint density at radius 1 is 0.894 bits per heavy atom. The van der Waals surface area contributed by atoms with Crippen molar-refractivity contribution < 1.29 is 20.9 Å². The molecule has 4 heteroatoms. The Morgan fingerprint density at radius 2 is 1.57 bits per heavy atom. The number of allylic oxidation sites excluding steroid dienone is 7. The third-order valence-electron chi connectivity index (χ3n) is 10.4. The van der Waals surface area contributed by atoms with Crippen LogP contribution in [0.2, 0.25) is 0 Å². The standard InChI is InChI=1S/C42H66O4.CH4.H2/c1-7-19-34(8-2)20-14-15-21-36(44)27-30-42(39(45)24-13-11-9-10-12-18-31-43)28-25-35(26-29-42)40(46)38-23-17-16-22-37(38)33(3)32-41(4,5)6;;/h7,12,14,18-20,35,37-38,43H,1,3,8-11,13,15-17,21-32H2,2,4-6H3;1H4;1H/b18-12-,20-14-,34-19-;;. The minimum Gasteiger partial charge on any atom is -0.392 e.